The van der Waals surface area contributed by atoms with Gasteiger partial charge in [-0.3, -0.25) is 23.4 Å². The second-order valence-corrected chi connectivity index (χ2v) is 29.5. The van der Waals surface area contributed by atoms with E-state index in [2.05, 4.69) is 32.9 Å². The molecule has 3 rings (SSSR count). The van der Waals surface area contributed by atoms with E-state index in [9.17, 15) is 74.9 Å². The first-order chi connectivity index (χ1) is 47.8. The Morgan fingerprint density at radius 2 is 0.707 bits per heavy atom. The van der Waals surface area contributed by atoms with Crippen molar-refractivity contribution in [3.05, 3.63) is 12.2 Å². The highest BCUT2D eigenvalue weighted by molar-refractivity contribution is 7.47. The van der Waals surface area contributed by atoms with Crippen LogP contribution >= 0.6 is 7.82 Å². The van der Waals surface area contributed by atoms with Crippen molar-refractivity contribution in [1.29, 1.82) is 0 Å². The van der Waals surface area contributed by atoms with Crippen LogP contribution in [0.2, 0.25) is 0 Å². The first-order valence-corrected chi connectivity index (χ1v) is 40.5. The monoisotopic (exact) mass is 1440 g/mol. The number of hydrogen-bond acceptors (Lipinski definition) is 23. The largest absolute Gasteiger partial charge is 0.472 e. The van der Waals surface area contributed by atoms with Gasteiger partial charge in [0.25, 0.3) is 0 Å². The number of aliphatic hydroxyl groups is 10. The maximum atomic E-state index is 14.3. The lowest BCUT2D eigenvalue weighted by molar-refractivity contribution is -0.360. The summed E-state index contributed by atoms with van der Waals surface area (Å²) in [5, 5.41) is 110. The van der Waals surface area contributed by atoms with Crippen molar-refractivity contribution in [2.45, 2.75) is 414 Å². The van der Waals surface area contributed by atoms with Crippen molar-refractivity contribution in [2.75, 3.05) is 26.4 Å². The van der Waals surface area contributed by atoms with Crippen LogP contribution in [-0.4, -0.2) is 204 Å². The number of ether oxygens (including phenoxy) is 7. The minimum absolute atomic E-state index is 0.0281. The Morgan fingerprint density at radius 3 is 1.10 bits per heavy atom. The fourth-order valence-corrected chi connectivity index (χ4v) is 13.9. The summed E-state index contributed by atoms with van der Waals surface area (Å²) in [5.74, 6) is -2.00. The Morgan fingerprint density at radius 1 is 0.384 bits per heavy atom. The molecule has 0 amide bonds. The van der Waals surface area contributed by atoms with Gasteiger partial charge in [0.1, 0.15) is 98.7 Å². The summed E-state index contributed by atoms with van der Waals surface area (Å²) in [5.41, 5.74) is 0. The average Bonchev–Trinajstić information content (AvgIpc) is 0.764. The summed E-state index contributed by atoms with van der Waals surface area (Å²) in [4.78, 5) is 51.0. The Bertz CT molecular complexity index is 2090. The molecule has 2 saturated heterocycles. The number of allylic oxidation sites excluding steroid dienone is 2. The van der Waals surface area contributed by atoms with Gasteiger partial charge in [-0.25, -0.2) is 4.57 Å². The second-order valence-electron chi connectivity index (χ2n) is 28.1. The third-order valence-corrected chi connectivity index (χ3v) is 20.3. The van der Waals surface area contributed by atoms with Crippen LogP contribution < -0.4 is 0 Å². The van der Waals surface area contributed by atoms with Crippen molar-refractivity contribution < 1.29 is 117 Å². The molecule has 1 saturated carbocycles. The van der Waals surface area contributed by atoms with Crippen molar-refractivity contribution in [1.82, 2.24) is 0 Å². The van der Waals surface area contributed by atoms with E-state index < -0.39 is 156 Å². The van der Waals surface area contributed by atoms with Crippen LogP contribution in [0.25, 0.3) is 0 Å². The van der Waals surface area contributed by atoms with Gasteiger partial charge in [0, 0.05) is 19.3 Å². The molecular formula is C74H137O24P. The molecule has 3 fully saturated rings. The molecule has 18 atom stereocenters. The first kappa shape index (κ1) is 90.9. The van der Waals surface area contributed by atoms with E-state index in [1.165, 1.54) is 154 Å². The topological polar surface area (TPSA) is 374 Å². The smallest absolute Gasteiger partial charge is 0.463 e. The molecular weight excluding hydrogens is 1300 g/mol. The molecule has 11 N–H and O–H groups in total. The van der Waals surface area contributed by atoms with Gasteiger partial charge in [0.2, 0.25) is 0 Å². The number of unbranched alkanes of at least 4 members (excludes halogenated alkanes) is 38. The molecule has 0 aromatic heterocycles. The van der Waals surface area contributed by atoms with Crippen LogP contribution in [0, 0.1) is 0 Å². The first-order valence-electron chi connectivity index (χ1n) is 39.0. The number of esters is 3. The zero-order chi connectivity index (χ0) is 72.5. The van der Waals surface area contributed by atoms with Crippen molar-refractivity contribution in [3.63, 3.8) is 0 Å². The van der Waals surface area contributed by atoms with Gasteiger partial charge in [-0.15, -0.1) is 0 Å². The maximum Gasteiger partial charge on any atom is 0.472 e. The zero-order valence-electron chi connectivity index (χ0n) is 60.8. The summed E-state index contributed by atoms with van der Waals surface area (Å²) in [6.07, 6.45) is 15.5. The number of carbonyl (C=O) groups is 3. The van der Waals surface area contributed by atoms with E-state index in [1.807, 2.05) is 0 Å². The van der Waals surface area contributed by atoms with E-state index >= 15 is 0 Å². The molecule has 0 radical (unpaired) electrons. The lowest BCUT2D eigenvalue weighted by Gasteiger charge is -2.49. The molecule has 24 nitrogen and oxygen atoms in total. The van der Waals surface area contributed by atoms with Crippen LogP contribution in [0.5, 0.6) is 0 Å². The number of rotatable bonds is 61. The van der Waals surface area contributed by atoms with Gasteiger partial charge in [-0.2, -0.15) is 0 Å². The third-order valence-electron chi connectivity index (χ3n) is 19.3. The quantitative estimate of drug-likeness (QED) is 0.00886. The molecule has 0 bridgehead atoms. The Balaban J connectivity index is 1.72. The fraction of sp³-hybridized carbons (Fsp3) is 0.932. The van der Waals surface area contributed by atoms with Gasteiger partial charge in [0.15, 0.2) is 18.7 Å². The predicted molar refractivity (Wildman–Crippen MR) is 375 cm³/mol. The van der Waals surface area contributed by atoms with E-state index in [0.717, 1.165) is 96.3 Å². The lowest BCUT2D eigenvalue weighted by atomic mass is 9.84. The highest BCUT2D eigenvalue weighted by atomic mass is 31.2. The maximum absolute atomic E-state index is 14.3. The van der Waals surface area contributed by atoms with E-state index in [1.54, 1.807) is 0 Å². The summed E-state index contributed by atoms with van der Waals surface area (Å²) in [6, 6.07) is 0. The molecule has 25 heteroatoms. The normalized spacial score (nSPS) is 27.5. The molecule has 2 aliphatic heterocycles. The van der Waals surface area contributed by atoms with Gasteiger partial charge in [-0.1, -0.05) is 258 Å². The van der Waals surface area contributed by atoms with Gasteiger partial charge >= 0.3 is 25.7 Å². The highest BCUT2D eigenvalue weighted by Crippen LogP contribution is 2.49. The van der Waals surface area contributed by atoms with Crippen LogP contribution in [0.1, 0.15) is 310 Å². The van der Waals surface area contributed by atoms with Crippen molar-refractivity contribution in [3.8, 4) is 0 Å². The minimum Gasteiger partial charge on any atom is -0.463 e. The van der Waals surface area contributed by atoms with Gasteiger partial charge in [-0.05, 0) is 44.9 Å². The number of phosphoric ester groups is 1. The van der Waals surface area contributed by atoms with Crippen LogP contribution in [0.3, 0.4) is 0 Å². The molecule has 0 spiro atoms. The fourth-order valence-electron chi connectivity index (χ4n) is 12.9. The number of aliphatic hydroxyl groups excluding tert-OH is 10. The Hall–Kier alpha value is -2.30. The van der Waals surface area contributed by atoms with Crippen molar-refractivity contribution >= 4 is 25.7 Å². The average molecular weight is 1440 g/mol. The highest BCUT2D eigenvalue weighted by Gasteiger charge is 2.58. The molecule has 99 heavy (non-hydrogen) atoms. The summed E-state index contributed by atoms with van der Waals surface area (Å²) < 4.78 is 65.1. The molecule has 0 aromatic carbocycles. The summed E-state index contributed by atoms with van der Waals surface area (Å²) in [7, 11) is -5.70. The number of phosphoric acid groups is 1. The Kier molecular flexibility index (Phi) is 51.5. The molecule has 3 aliphatic rings. The molecule has 582 valence electrons. The number of carbonyl (C=O) groups excluding carboxylic acids is 3. The lowest BCUT2D eigenvalue weighted by Crippen LogP contribution is -2.69. The van der Waals surface area contributed by atoms with E-state index in [0.29, 0.717) is 19.3 Å². The van der Waals surface area contributed by atoms with E-state index in [-0.39, 0.29) is 19.3 Å². The number of hydrogen-bond donors (Lipinski definition) is 11. The molecule has 0 aromatic rings. The summed E-state index contributed by atoms with van der Waals surface area (Å²) in [6.45, 7) is 3.46. The molecule has 2 heterocycles. The van der Waals surface area contributed by atoms with Crippen LogP contribution in [0.4, 0.5) is 0 Å². The zero-order valence-corrected chi connectivity index (χ0v) is 61.7. The minimum atomic E-state index is -5.70. The van der Waals surface area contributed by atoms with Crippen LogP contribution in [-0.2, 0) is 61.2 Å². The van der Waals surface area contributed by atoms with Gasteiger partial charge < -0.3 is 89.1 Å². The Labute approximate surface area is 592 Å². The molecule has 18 unspecified atom stereocenters. The van der Waals surface area contributed by atoms with Crippen molar-refractivity contribution in [2.24, 2.45) is 0 Å². The third kappa shape index (κ3) is 39.0. The van der Waals surface area contributed by atoms with Crippen LogP contribution in [0.15, 0.2) is 12.2 Å². The van der Waals surface area contributed by atoms with Gasteiger partial charge in [0.05, 0.1) is 13.2 Å². The predicted octanol–water partition coefficient (Wildman–Crippen LogP) is 11.1. The second kappa shape index (κ2) is 56.1. The summed E-state index contributed by atoms with van der Waals surface area (Å²) >= 11 is 0. The molecule has 1 aliphatic carbocycles. The SMILES string of the molecule is CCCCCCCCC/C=C\CCCCCC(=O)OCC(COP(=O)(O)OC1C(OC2OC(CO)C(O)C(O)C2O)C(O)C(O)C(O)C1OC1OC(COC(=O)CCCCCCCCCCCCCCCC)C(O)C(O)C1O)OC(=O)CCCCCCCCCCCCCCCCCC. The standard InChI is InChI=1S/C74H137O24P/c1-4-7-10-13-16-19-22-25-28-29-32-35-38-41-44-47-50-60(78)93-55(52-90-58(76)48-45-42-39-36-33-30-26-23-20-17-14-11-8-5-2)53-92-99(88,89)98-72-70(96-73-68(86)63(81)61(79)56(51-75)94-73)66(84)65(83)67(85)71(72)97-74-69(87)64(82)62(80)57(95-74)54-91-59(77)49-46-43-40-37-34-31-27-24-21-18-15-12-9-6-3/h30,33,55-57,61-75,79-87H,4-29,31-32,34-54H2,1-3H3,(H,88,89)/b33-30-. The van der Waals surface area contributed by atoms with E-state index in [4.69, 9.17) is 42.2 Å².